The number of aryl methyl sites for hydroxylation is 1. The fourth-order valence-electron chi connectivity index (χ4n) is 1.87. The minimum atomic E-state index is -3.59. The largest absolute Gasteiger partial charge is 0.468 e. The van der Waals surface area contributed by atoms with Crippen molar-refractivity contribution >= 4 is 16.0 Å². The van der Waals surface area contributed by atoms with Crippen LogP contribution < -0.4 is 0 Å². The molecule has 1 aromatic rings. The second kappa shape index (κ2) is 4.70. The van der Waals surface area contributed by atoms with Gasteiger partial charge in [0.05, 0.1) is 12.0 Å². The predicted molar refractivity (Wildman–Crippen MR) is 65.5 cm³/mol. The fourth-order valence-corrected chi connectivity index (χ4v) is 3.49. The molecule has 1 heterocycles. The van der Waals surface area contributed by atoms with Crippen molar-refractivity contribution in [1.29, 1.82) is 0 Å². The summed E-state index contributed by atoms with van der Waals surface area (Å²) in [7, 11) is -2.33. The summed E-state index contributed by atoms with van der Waals surface area (Å²) in [5.41, 5.74) is 0.988. The Balaban J connectivity index is 2.27. The molecule has 1 aliphatic heterocycles. The molecule has 98 valence electrons. The van der Waals surface area contributed by atoms with Crippen LogP contribution in [0.2, 0.25) is 0 Å². The van der Waals surface area contributed by atoms with Crippen LogP contribution in [0.3, 0.4) is 0 Å². The molecule has 2 rings (SSSR count). The van der Waals surface area contributed by atoms with E-state index in [9.17, 15) is 13.2 Å². The van der Waals surface area contributed by atoms with Crippen molar-refractivity contribution in [3.8, 4) is 0 Å². The van der Waals surface area contributed by atoms with Crippen LogP contribution in [0.25, 0.3) is 0 Å². The highest BCUT2D eigenvalue weighted by atomic mass is 32.2. The van der Waals surface area contributed by atoms with E-state index in [1.54, 1.807) is 24.3 Å². The van der Waals surface area contributed by atoms with Gasteiger partial charge in [-0.05, 0) is 25.5 Å². The van der Waals surface area contributed by atoms with Gasteiger partial charge in [0.1, 0.15) is 6.04 Å². The Morgan fingerprint density at radius 2 is 1.94 bits per heavy atom. The second-order valence-electron chi connectivity index (χ2n) is 4.26. The molecule has 0 N–H and O–H groups in total. The van der Waals surface area contributed by atoms with Crippen molar-refractivity contribution in [1.82, 2.24) is 4.31 Å². The van der Waals surface area contributed by atoms with Gasteiger partial charge in [-0.15, -0.1) is 0 Å². The van der Waals surface area contributed by atoms with Gasteiger partial charge in [-0.2, -0.15) is 4.31 Å². The Morgan fingerprint density at radius 1 is 1.33 bits per heavy atom. The van der Waals surface area contributed by atoms with Crippen LogP contribution in [0, 0.1) is 6.92 Å². The highest BCUT2D eigenvalue weighted by Crippen LogP contribution is 2.27. The average molecular weight is 269 g/mol. The summed E-state index contributed by atoms with van der Waals surface area (Å²) in [5.74, 6) is -0.503. The number of hydrogen-bond donors (Lipinski definition) is 0. The lowest BCUT2D eigenvalue weighted by Crippen LogP contribution is -2.55. The van der Waals surface area contributed by atoms with Gasteiger partial charge >= 0.3 is 5.97 Å². The molecule has 5 nitrogen and oxygen atoms in total. The molecule has 0 spiro atoms. The zero-order chi connectivity index (χ0) is 13.3. The molecule has 18 heavy (non-hydrogen) atoms. The number of hydrogen-bond acceptors (Lipinski definition) is 4. The van der Waals surface area contributed by atoms with Crippen LogP contribution in [0.1, 0.15) is 12.0 Å². The third kappa shape index (κ3) is 2.13. The minimum Gasteiger partial charge on any atom is -0.468 e. The first-order valence-electron chi connectivity index (χ1n) is 5.63. The van der Waals surface area contributed by atoms with Gasteiger partial charge in [0.15, 0.2) is 0 Å². The van der Waals surface area contributed by atoms with Crippen LogP contribution in [-0.2, 0) is 19.6 Å². The number of carbonyl (C=O) groups is 1. The lowest BCUT2D eigenvalue weighted by atomic mass is 10.1. The number of benzene rings is 1. The van der Waals surface area contributed by atoms with Crippen LogP contribution in [0.15, 0.2) is 29.2 Å². The topological polar surface area (TPSA) is 63.7 Å². The first-order valence-corrected chi connectivity index (χ1v) is 7.07. The molecule has 0 unspecified atom stereocenters. The molecule has 0 aliphatic carbocycles. The summed E-state index contributed by atoms with van der Waals surface area (Å²) in [6.07, 6.45) is 0.512. The number of ether oxygens (including phenoxy) is 1. The Morgan fingerprint density at radius 3 is 2.39 bits per heavy atom. The maximum atomic E-state index is 12.3. The van der Waals surface area contributed by atoms with Gasteiger partial charge in [-0.1, -0.05) is 17.7 Å². The van der Waals surface area contributed by atoms with Gasteiger partial charge in [0.25, 0.3) is 0 Å². The Kier molecular flexibility index (Phi) is 3.41. The molecule has 0 amide bonds. The molecule has 0 bridgehead atoms. The van der Waals surface area contributed by atoms with Crippen molar-refractivity contribution in [2.75, 3.05) is 13.7 Å². The van der Waals surface area contributed by atoms with E-state index < -0.39 is 22.0 Å². The smallest absolute Gasteiger partial charge is 0.324 e. The van der Waals surface area contributed by atoms with E-state index >= 15 is 0 Å². The maximum absolute atomic E-state index is 12.3. The number of nitrogens with zero attached hydrogens (tertiary/aromatic N) is 1. The zero-order valence-corrected chi connectivity index (χ0v) is 11.1. The summed E-state index contributed by atoms with van der Waals surface area (Å²) < 4.78 is 30.3. The molecule has 6 heteroatoms. The van der Waals surface area contributed by atoms with E-state index in [0.29, 0.717) is 13.0 Å². The minimum absolute atomic E-state index is 0.210. The molecular weight excluding hydrogens is 254 g/mol. The highest BCUT2D eigenvalue weighted by molar-refractivity contribution is 7.89. The highest BCUT2D eigenvalue weighted by Gasteiger charge is 2.43. The van der Waals surface area contributed by atoms with Gasteiger partial charge in [0.2, 0.25) is 10.0 Å². The monoisotopic (exact) mass is 269 g/mol. The standard InChI is InChI=1S/C12H15NO4S/c1-9-3-5-10(6-4-9)18(15,16)13-8-7-11(13)12(14)17-2/h3-6,11H,7-8H2,1-2H3/t11-/m0/s1. The summed E-state index contributed by atoms with van der Waals surface area (Å²) in [6.45, 7) is 2.24. The molecule has 1 aliphatic rings. The molecule has 0 aromatic heterocycles. The van der Waals surface area contributed by atoms with E-state index in [-0.39, 0.29) is 4.90 Å². The zero-order valence-electron chi connectivity index (χ0n) is 10.3. The second-order valence-corrected chi connectivity index (χ2v) is 6.15. The van der Waals surface area contributed by atoms with E-state index in [4.69, 9.17) is 0 Å². The Bertz CT molecular complexity index is 550. The normalized spacial score (nSPS) is 20.2. The summed E-state index contributed by atoms with van der Waals surface area (Å²) in [6, 6.07) is 5.90. The van der Waals surface area contributed by atoms with Crippen molar-refractivity contribution < 1.29 is 17.9 Å². The van der Waals surface area contributed by atoms with E-state index in [1.165, 1.54) is 11.4 Å². The predicted octanol–water partition coefficient (Wildman–Crippen LogP) is 0.931. The molecule has 1 saturated heterocycles. The average Bonchev–Trinajstić information content (AvgIpc) is 2.27. The van der Waals surface area contributed by atoms with Crippen molar-refractivity contribution in [2.24, 2.45) is 0 Å². The van der Waals surface area contributed by atoms with Crippen LogP contribution in [-0.4, -0.2) is 38.4 Å². The number of methoxy groups -OCH3 is 1. The lowest BCUT2D eigenvalue weighted by molar-refractivity contribution is -0.148. The van der Waals surface area contributed by atoms with E-state index in [1.807, 2.05) is 6.92 Å². The number of carbonyl (C=O) groups excluding carboxylic acids is 1. The molecule has 1 fully saturated rings. The Labute approximate surface area is 106 Å². The number of rotatable bonds is 3. The number of sulfonamides is 1. The molecule has 1 atom stereocenters. The van der Waals surface area contributed by atoms with Crippen LogP contribution in [0.4, 0.5) is 0 Å². The van der Waals surface area contributed by atoms with Gasteiger partial charge in [-0.25, -0.2) is 8.42 Å². The van der Waals surface area contributed by atoms with E-state index in [0.717, 1.165) is 5.56 Å². The van der Waals surface area contributed by atoms with Crippen molar-refractivity contribution in [3.63, 3.8) is 0 Å². The third-order valence-corrected chi connectivity index (χ3v) is 4.99. The quantitative estimate of drug-likeness (QED) is 0.766. The Hall–Kier alpha value is -1.40. The molecular formula is C12H15NO4S. The van der Waals surface area contributed by atoms with Gasteiger partial charge in [0, 0.05) is 6.54 Å². The summed E-state index contributed by atoms with van der Waals surface area (Å²) in [5, 5.41) is 0. The molecule has 0 saturated carbocycles. The molecule has 1 aromatic carbocycles. The maximum Gasteiger partial charge on any atom is 0.324 e. The first-order chi connectivity index (χ1) is 8.46. The van der Waals surface area contributed by atoms with Gasteiger partial charge in [-0.3, -0.25) is 4.79 Å². The fraction of sp³-hybridized carbons (Fsp3) is 0.417. The summed E-state index contributed by atoms with van der Waals surface area (Å²) >= 11 is 0. The lowest BCUT2D eigenvalue weighted by Gasteiger charge is -2.37. The summed E-state index contributed by atoms with van der Waals surface area (Å²) in [4.78, 5) is 11.6. The third-order valence-electron chi connectivity index (χ3n) is 3.07. The first kappa shape index (κ1) is 13.0. The van der Waals surface area contributed by atoms with Crippen molar-refractivity contribution in [2.45, 2.75) is 24.3 Å². The van der Waals surface area contributed by atoms with Gasteiger partial charge < -0.3 is 4.74 Å². The SMILES string of the molecule is COC(=O)[C@@H]1CCN1S(=O)(=O)c1ccc(C)cc1. The number of esters is 1. The van der Waals surface area contributed by atoms with E-state index in [2.05, 4.69) is 4.74 Å². The molecule has 0 radical (unpaired) electrons. The van der Waals surface area contributed by atoms with Crippen molar-refractivity contribution in [3.05, 3.63) is 29.8 Å². The van der Waals surface area contributed by atoms with Crippen LogP contribution in [0.5, 0.6) is 0 Å². The van der Waals surface area contributed by atoms with Crippen LogP contribution >= 0.6 is 0 Å².